The van der Waals surface area contributed by atoms with Crippen LogP contribution < -0.4 is 0 Å². The predicted molar refractivity (Wildman–Crippen MR) is 184 cm³/mol. The molecule has 5 aromatic rings. The molecule has 0 aliphatic carbocycles. The molecule has 0 fully saturated rings. The molecule has 0 atom stereocenters. The second kappa shape index (κ2) is 20.4. The SMILES string of the molecule is Cc1c(C)c(N=Cc2cccc(-c3ccccn3)n2)c(C)c(C)c1N=Cc1cccc(-c2ccccn2)n1.Cl.Cl.Cl.Cl.[Fe].[Fe]. The smallest absolute Gasteiger partial charge is 0.0894 e. The van der Waals surface area contributed by atoms with E-state index in [1.165, 1.54) is 0 Å². The number of hydrogen-bond acceptors (Lipinski definition) is 6. The molecule has 0 radical (unpaired) electrons. The van der Waals surface area contributed by atoms with E-state index in [0.717, 1.165) is 67.8 Å². The van der Waals surface area contributed by atoms with Crippen LogP contribution in [0.15, 0.2) is 95.2 Å². The first kappa shape index (κ1) is 43.5. The Bertz CT molecular complexity index is 1520. The zero-order chi connectivity index (χ0) is 26.5. The molecule has 5 rings (SSSR count). The molecule has 4 heterocycles. The van der Waals surface area contributed by atoms with Crippen molar-refractivity contribution >= 4 is 73.4 Å². The Morgan fingerprint density at radius 2 is 0.795 bits per heavy atom. The summed E-state index contributed by atoms with van der Waals surface area (Å²) in [5.41, 5.74) is 11.1. The van der Waals surface area contributed by atoms with Gasteiger partial charge in [-0.3, -0.25) is 20.0 Å². The molecule has 0 aliphatic heterocycles. The topological polar surface area (TPSA) is 76.3 Å². The second-order valence-electron chi connectivity index (χ2n) is 9.04. The fraction of sp³-hybridized carbons (Fsp3) is 0.125. The van der Waals surface area contributed by atoms with Crippen LogP contribution in [0.2, 0.25) is 0 Å². The van der Waals surface area contributed by atoms with Crippen LogP contribution in [0.5, 0.6) is 0 Å². The van der Waals surface area contributed by atoms with Crippen LogP contribution in [0.1, 0.15) is 33.6 Å². The third kappa shape index (κ3) is 10.2. The number of rotatable bonds is 6. The number of benzene rings is 1. The van der Waals surface area contributed by atoms with Crippen molar-refractivity contribution < 1.29 is 34.1 Å². The summed E-state index contributed by atoms with van der Waals surface area (Å²) in [7, 11) is 0. The summed E-state index contributed by atoms with van der Waals surface area (Å²) in [6, 6.07) is 23.4. The molecule has 0 unspecified atom stereocenters. The van der Waals surface area contributed by atoms with Crippen molar-refractivity contribution in [1.82, 2.24) is 19.9 Å². The minimum absolute atomic E-state index is 0. The van der Waals surface area contributed by atoms with Crippen molar-refractivity contribution in [2.24, 2.45) is 9.98 Å². The van der Waals surface area contributed by atoms with Gasteiger partial charge < -0.3 is 0 Å². The summed E-state index contributed by atoms with van der Waals surface area (Å²) >= 11 is 0. The zero-order valence-corrected chi connectivity index (χ0v) is 29.7. The van der Waals surface area contributed by atoms with Gasteiger partial charge in [0.05, 0.1) is 58.0 Å². The van der Waals surface area contributed by atoms with Gasteiger partial charge in [0.1, 0.15) is 0 Å². The van der Waals surface area contributed by atoms with E-state index < -0.39 is 0 Å². The Labute approximate surface area is 304 Å². The molecule has 44 heavy (non-hydrogen) atoms. The van der Waals surface area contributed by atoms with Crippen LogP contribution >= 0.6 is 49.6 Å². The maximum Gasteiger partial charge on any atom is 0.0894 e. The van der Waals surface area contributed by atoms with E-state index in [1.54, 1.807) is 12.4 Å². The Morgan fingerprint density at radius 3 is 1.11 bits per heavy atom. The molecule has 0 aliphatic rings. The third-order valence-corrected chi connectivity index (χ3v) is 6.59. The van der Waals surface area contributed by atoms with Crippen LogP contribution in [0, 0.1) is 27.7 Å². The molecule has 0 amide bonds. The minimum Gasteiger partial charge on any atom is -0.255 e. The van der Waals surface area contributed by atoms with Crippen molar-refractivity contribution in [3.05, 3.63) is 119 Å². The summed E-state index contributed by atoms with van der Waals surface area (Å²) < 4.78 is 0. The zero-order valence-electron chi connectivity index (χ0n) is 24.3. The average Bonchev–Trinajstić information content (AvgIpc) is 2.97. The fourth-order valence-corrected chi connectivity index (χ4v) is 4.28. The van der Waals surface area contributed by atoms with Gasteiger partial charge in [-0.1, -0.05) is 24.3 Å². The van der Waals surface area contributed by atoms with Crippen molar-refractivity contribution in [3.63, 3.8) is 0 Å². The molecular formula is C32H32Cl4Fe2N6. The van der Waals surface area contributed by atoms with Crippen LogP contribution in [0.25, 0.3) is 22.8 Å². The van der Waals surface area contributed by atoms with Crippen molar-refractivity contribution in [2.45, 2.75) is 27.7 Å². The predicted octanol–water partition coefficient (Wildman–Crippen LogP) is 9.02. The van der Waals surface area contributed by atoms with Gasteiger partial charge in [-0.15, -0.1) is 49.6 Å². The molecule has 0 saturated carbocycles. The minimum atomic E-state index is 0. The molecule has 0 spiro atoms. The summed E-state index contributed by atoms with van der Waals surface area (Å²) in [5, 5.41) is 0. The Kier molecular flexibility index (Phi) is 20.2. The van der Waals surface area contributed by atoms with Gasteiger partial charge >= 0.3 is 0 Å². The van der Waals surface area contributed by atoms with Crippen LogP contribution in [-0.2, 0) is 34.1 Å². The van der Waals surface area contributed by atoms with Gasteiger partial charge in [-0.25, -0.2) is 9.97 Å². The molecule has 234 valence electrons. The average molecular weight is 754 g/mol. The first-order valence-electron chi connectivity index (χ1n) is 12.5. The number of nitrogens with zero attached hydrogens (tertiary/aromatic N) is 6. The van der Waals surface area contributed by atoms with Gasteiger partial charge in [0.2, 0.25) is 0 Å². The van der Waals surface area contributed by atoms with E-state index in [4.69, 9.17) is 20.0 Å². The number of aromatic nitrogens is 4. The van der Waals surface area contributed by atoms with Crippen LogP contribution in [-0.4, -0.2) is 32.4 Å². The first-order chi connectivity index (χ1) is 18.5. The fourth-order valence-electron chi connectivity index (χ4n) is 4.28. The third-order valence-electron chi connectivity index (χ3n) is 6.59. The quantitative estimate of drug-likeness (QED) is 0.128. The maximum atomic E-state index is 4.86. The van der Waals surface area contributed by atoms with Gasteiger partial charge in [-0.05, 0) is 98.5 Å². The van der Waals surface area contributed by atoms with Crippen molar-refractivity contribution in [3.8, 4) is 22.8 Å². The molecule has 0 N–H and O–H groups in total. The monoisotopic (exact) mass is 752 g/mol. The van der Waals surface area contributed by atoms with E-state index in [2.05, 4.69) is 37.7 Å². The molecule has 12 heteroatoms. The number of halogens is 4. The summed E-state index contributed by atoms with van der Waals surface area (Å²) in [6.07, 6.45) is 7.17. The summed E-state index contributed by atoms with van der Waals surface area (Å²) in [5.74, 6) is 0. The van der Waals surface area contributed by atoms with E-state index in [0.29, 0.717) is 0 Å². The Hall–Kier alpha value is -2.64. The number of hydrogen-bond donors (Lipinski definition) is 0. The van der Waals surface area contributed by atoms with Gasteiger partial charge in [0.25, 0.3) is 0 Å². The molecule has 1 aromatic carbocycles. The van der Waals surface area contributed by atoms with Crippen molar-refractivity contribution in [1.29, 1.82) is 0 Å². The molecular weight excluding hydrogens is 722 g/mol. The summed E-state index contributed by atoms with van der Waals surface area (Å²) in [6.45, 7) is 8.35. The number of aliphatic imine (C=N–C) groups is 2. The molecule has 6 nitrogen and oxygen atoms in total. The molecule has 0 saturated heterocycles. The van der Waals surface area contributed by atoms with E-state index >= 15 is 0 Å². The van der Waals surface area contributed by atoms with E-state index in [9.17, 15) is 0 Å². The molecule has 4 aromatic heterocycles. The summed E-state index contributed by atoms with van der Waals surface area (Å²) in [4.78, 5) is 28.0. The Balaban J connectivity index is 0. The largest absolute Gasteiger partial charge is 0.255 e. The van der Waals surface area contributed by atoms with E-state index in [-0.39, 0.29) is 83.8 Å². The number of pyridine rings is 4. The van der Waals surface area contributed by atoms with E-state index in [1.807, 2.05) is 85.2 Å². The van der Waals surface area contributed by atoms with Gasteiger partial charge in [0.15, 0.2) is 0 Å². The Morgan fingerprint density at radius 1 is 0.455 bits per heavy atom. The maximum absolute atomic E-state index is 4.86. The second-order valence-corrected chi connectivity index (χ2v) is 9.04. The van der Waals surface area contributed by atoms with Crippen molar-refractivity contribution in [2.75, 3.05) is 0 Å². The molecule has 0 bridgehead atoms. The standard InChI is InChI=1S/C32H28N6.4ClH.2Fe/c1-21-22(2)32(36-20-26-12-10-16-30(38-26)28-14-6-8-18-34-28)24(4)23(3)31(21)35-19-25-11-9-15-29(37-25)27-13-5-7-17-33-27;;;;;;/h5-20H,1-4H3;4*1H;;. The van der Waals surface area contributed by atoms with Crippen LogP contribution in [0.4, 0.5) is 11.4 Å². The van der Waals surface area contributed by atoms with Crippen LogP contribution in [0.3, 0.4) is 0 Å². The van der Waals surface area contributed by atoms with Gasteiger partial charge in [-0.2, -0.15) is 0 Å². The van der Waals surface area contributed by atoms with Gasteiger partial charge in [0, 0.05) is 46.5 Å². The first-order valence-corrected chi connectivity index (χ1v) is 12.5. The normalized spacial score (nSPS) is 9.91.